The number of ether oxygens (including phenoxy) is 1. The summed E-state index contributed by atoms with van der Waals surface area (Å²) in [6.07, 6.45) is 0. The number of aromatic nitrogens is 2. The third-order valence-corrected chi connectivity index (χ3v) is 2.50. The van der Waals surface area contributed by atoms with Crippen LogP contribution in [0.1, 0.15) is 6.92 Å². The first-order valence-corrected chi connectivity index (χ1v) is 5.08. The molecule has 0 fully saturated rings. The molecule has 17 heavy (non-hydrogen) atoms. The van der Waals surface area contributed by atoms with Crippen LogP contribution < -0.4 is 4.74 Å². The maximum Gasteiger partial charge on any atom is 0.308 e. The number of carbonyl (C=O) groups excluding carboxylic acids is 1. The lowest BCUT2D eigenvalue weighted by Crippen LogP contribution is -2.01. The van der Waals surface area contributed by atoms with Crippen LogP contribution in [-0.2, 0) is 4.79 Å². The minimum absolute atomic E-state index is 0.351. The second kappa shape index (κ2) is 3.55. The van der Waals surface area contributed by atoms with Gasteiger partial charge >= 0.3 is 5.97 Å². The molecule has 5 nitrogen and oxygen atoms in total. The van der Waals surface area contributed by atoms with Crippen LogP contribution in [0.2, 0.25) is 0 Å². The zero-order valence-electron chi connectivity index (χ0n) is 9.01. The molecule has 0 aliphatic rings. The van der Waals surface area contributed by atoms with E-state index in [1.54, 1.807) is 18.2 Å². The van der Waals surface area contributed by atoms with Crippen molar-refractivity contribution in [3.63, 3.8) is 0 Å². The van der Waals surface area contributed by atoms with Crippen molar-refractivity contribution in [2.45, 2.75) is 6.92 Å². The molecule has 1 heterocycles. The molecule has 3 aromatic rings. The standard InChI is InChI=1S/C12H8N2O3/c1-7(15)16-11-4-2-3-9-8(11)5-6-10-12(9)14-17-13-10/h2-6H,1H3. The quantitative estimate of drug-likeness (QED) is 0.472. The number of esters is 1. The Kier molecular flexibility index (Phi) is 2.04. The Morgan fingerprint density at radius 2 is 2.06 bits per heavy atom. The van der Waals surface area contributed by atoms with Crippen LogP contribution in [0.25, 0.3) is 21.8 Å². The molecule has 84 valence electrons. The first-order valence-electron chi connectivity index (χ1n) is 5.08. The number of hydrogen-bond donors (Lipinski definition) is 0. The molecule has 2 aromatic carbocycles. The fourth-order valence-electron chi connectivity index (χ4n) is 1.82. The summed E-state index contributed by atoms with van der Waals surface area (Å²) in [5.74, 6) is 0.163. The number of nitrogens with zero attached hydrogens (tertiary/aromatic N) is 2. The number of carbonyl (C=O) groups is 1. The monoisotopic (exact) mass is 228 g/mol. The van der Waals surface area contributed by atoms with Gasteiger partial charge in [0.2, 0.25) is 0 Å². The number of hydrogen-bond acceptors (Lipinski definition) is 5. The Hall–Kier alpha value is -2.43. The highest BCUT2D eigenvalue weighted by Gasteiger charge is 2.10. The molecule has 0 saturated carbocycles. The lowest BCUT2D eigenvalue weighted by atomic mass is 10.1. The van der Waals surface area contributed by atoms with Gasteiger partial charge in [-0.2, -0.15) is 0 Å². The Morgan fingerprint density at radius 1 is 1.18 bits per heavy atom. The van der Waals surface area contributed by atoms with E-state index in [0.29, 0.717) is 16.8 Å². The fourth-order valence-corrected chi connectivity index (χ4v) is 1.82. The van der Waals surface area contributed by atoms with Crippen molar-refractivity contribution >= 4 is 27.8 Å². The van der Waals surface area contributed by atoms with Crippen molar-refractivity contribution in [1.82, 2.24) is 10.3 Å². The second-order valence-corrected chi connectivity index (χ2v) is 3.64. The third-order valence-electron chi connectivity index (χ3n) is 2.50. The van der Waals surface area contributed by atoms with Crippen molar-refractivity contribution in [2.24, 2.45) is 0 Å². The maximum atomic E-state index is 11.0. The summed E-state index contributed by atoms with van der Waals surface area (Å²) in [4.78, 5) is 11.0. The molecule has 0 aliphatic carbocycles. The number of benzene rings is 2. The predicted molar refractivity (Wildman–Crippen MR) is 60.6 cm³/mol. The fraction of sp³-hybridized carbons (Fsp3) is 0.0833. The molecular weight excluding hydrogens is 220 g/mol. The lowest BCUT2D eigenvalue weighted by Gasteiger charge is -2.05. The largest absolute Gasteiger partial charge is 0.426 e. The van der Waals surface area contributed by atoms with Gasteiger partial charge in [0.05, 0.1) is 0 Å². The van der Waals surface area contributed by atoms with E-state index in [2.05, 4.69) is 14.9 Å². The van der Waals surface area contributed by atoms with Crippen LogP contribution in [0.3, 0.4) is 0 Å². The molecule has 0 unspecified atom stereocenters. The van der Waals surface area contributed by atoms with Crippen molar-refractivity contribution in [1.29, 1.82) is 0 Å². The van der Waals surface area contributed by atoms with E-state index in [1.165, 1.54) is 6.92 Å². The molecule has 0 amide bonds. The molecule has 1 aromatic heterocycles. The molecule has 3 rings (SSSR count). The molecule has 0 N–H and O–H groups in total. The van der Waals surface area contributed by atoms with Crippen molar-refractivity contribution < 1.29 is 14.2 Å². The Balaban J connectivity index is 2.35. The van der Waals surface area contributed by atoms with E-state index in [9.17, 15) is 4.79 Å². The van der Waals surface area contributed by atoms with Gasteiger partial charge in [-0.05, 0) is 28.5 Å². The summed E-state index contributed by atoms with van der Waals surface area (Å²) in [6.45, 7) is 1.37. The summed E-state index contributed by atoms with van der Waals surface area (Å²) in [6, 6.07) is 9.04. The Labute approximate surface area is 95.9 Å². The van der Waals surface area contributed by atoms with Gasteiger partial charge in [0.1, 0.15) is 16.8 Å². The van der Waals surface area contributed by atoms with Crippen LogP contribution in [-0.4, -0.2) is 16.3 Å². The van der Waals surface area contributed by atoms with E-state index < -0.39 is 0 Å². The minimum atomic E-state index is -0.351. The Morgan fingerprint density at radius 3 is 2.88 bits per heavy atom. The molecule has 0 saturated heterocycles. The number of rotatable bonds is 1. The van der Waals surface area contributed by atoms with E-state index in [-0.39, 0.29) is 5.97 Å². The molecule has 0 radical (unpaired) electrons. The van der Waals surface area contributed by atoms with Gasteiger partial charge in [-0.3, -0.25) is 4.79 Å². The first kappa shape index (κ1) is 9.77. The predicted octanol–water partition coefficient (Wildman–Crippen LogP) is 2.30. The van der Waals surface area contributed by atoms with Crippen LogP contribution in [0, 0.1) is 0 Å². The van der Waals surface area contributed by atoms with E-state index in [1.807, 2.05) is 12.1 Å². The smallest absolute Gasteiger partial charge is 0.308 e. The molecule has 0 spiro atoms. The van der Waals surface area contributed by atoms with Gasteiger partial charge in [0, 0.05) is 17.7 Å². The average Bonchev–Trinajstić information content (AvgIpc) is 2.76. The number of fused-ring (bicyclic) bond motifs is 3. The Bertz CT molecular complexity index is 718. The zero-order valence-corrected chi connectivity index (χ0v) is 9.01. The maximum absolute atomic E-state index is 11.0. The van der Waals surface area contributed by atoms with Crippen molar-refractivity contribution in [3.8, 4) is 5.75 Å². The highest BCUT2D eigenvalue weighted by molar-refractivity contribution is 6.06. The normalized spacial score (nSPS) is 10.9. The van der Waals surface area contributed by atoms with Crippen molar-refractivity contribution in [3.05, 3.63) is 30.3 Å². The average molecular weight is 228 g/mol. The van der Waals surface area contributed by atoms with Gasteiger partial charge in [-0.1, -0.05) is 12.1 Å². The van der Waals surface area contributed by atoms with Crippen molar-refractivity contribution in [2.75, 3.05) is 0 Å². The van der Waals surface area contributed by atoms with Gasteiger partial charge in [-0.15, -0.1) is 0 Å². The topological polar surface area (TPSA) is 65.2 Å². The molecule has 0 bridgehead atoms. The highest BCUT2D eigenvalue weighted by atomic mass is 16.6. The molecular formula is C12H8N2O3. The lowest BCUT2D eigenvalue weighted by molar-refractivity contribution is -0.131. The van der Waals surface area contributed by atoms with E-state index >= 15 is 0 Å². The summed E-state index contributed by atoms with van der Waals surface area (Å²) in [5.41, 5.74) is 1.34. The zero-order chi connectivity index (χ0) is 11.8. The van der Waals surface area contributed by atoms with Crippen LogP contribution >= 0.6 is 0 Å². The molecule has 5 heteroatoms. The van der Waals surface area contributed by atoms with Crippen LogP contribution in [0.4, 0.5) is 0 Å². The highest BCUT2D eigenvalue weighted by Crippen LogP contribution is 2.30. The van der Waals surface area contributed by atoms with E-state index in [0.717, 1.165) is 10.8 Å². The SMILES string of the molecule is CC(=O)Oc1cccc2c1ccc1nonc12. The summed E-state index contributed by atoms with van der Waals surface area (Å²) < 4.78 is 9.82. The summed E-state index contributed by atoms with van der Waals surface area (Å²) >= 11 is 0. The molecule has 0 atom stereocenters. The van der Waals surface area contributed by atoms with Crippen LogP contribution in [0.15, 0.2) is 35.0 Å². The minimum Gasteiger partial charge on any atom is -0.426 e. The van der Waals surface area contributed by atoms with Crippen LogP contribution in [0.5, 0.6) is 5.75 Å². The third kappa shape index (κ3) is 1.52. The van der Waals surface area contributed by atoms with Gasteiger partial charge in [-0.25, -0.2) is 4.63 Å². The molecule has 0 aliphatic heterocycles. The van der Waals surface area contributed by atoms with Gasteiger partial charge in [0.25, 0.3) is 0 Å². The second-order valence-electron chi connectivity index (χ2n) is 3.64. The van der Waals surface area contributed by atoms with Gasteiger partial charge in [0.15, 0.2) is 0 Å². The van der Waals surface area contributed by atoms with E-state index in [4.69, 9.17) is 4.74 Å². The van der Waals surface area contributed by atoms with Gasteiger partial charge < -0.3 is 4.74 Å². The first-order chi connectivity index (χ1) is 8.25. The summed E-state index contributed by atoms with van der Waals surface area (Å²) in [7, 11) is 0. The summed E-state index contributed by atoms with van der Waals surface area (Å²) in [5, 5.41) is 9.27.